The number of rotatable bonds is 58. The molecule has 0 aliphatic heterocycles. The van der Waals surface area contributed by atoms with Crippen LogP contribution in [0.5, 0.6) is 0 Å². The van der Waals surface area contributed by atoms with Crippen molar-refractivity contribution in [3.8, 4) is 0 Å². The van der Waals surface area contributed by atoms with Gasteiger partial charge in [-0.2, -0.15) is 0 Å². The lowest BCUT2D eigenvalue weighted by Crippen LogP contribution is -2.44. The fourth-order valence-corrected chi connectivity index (χ4v) is 9.08. The molecule has 0 aromatic carbocycles. The Morgan fingerprint density at radius 3 is 1.10 bits per heavy atom. The number of allylic oxidation sites excluding steroid dienone is 6. The van der Waals surface area contributed by atoms with E-state index in [-0.39, 0.29) is 32.2 Å². The Hall–Kier alpha value is -2.49. The van der Waals surface area contributed by atoms with Gasteiger partial charge in [-0.15, -0.1) is 0 Å². The Labute approximate surface area is 451 Å². The third-order valence-electron chi connectivity index (χ3n) is 13.9. The highest BCUT2D eigenvalue weighted by molar-refractivity contribution is 5.70. The predicted molar refractivity (Wildman–Crippen MR) is 306 cm³/mol. The van der Waals surface area contributed by atoms with Crippen LogP contribution in [0.15, 0.2) is 36.5 Å². The molecule has 0 fully saturated rings. The number of carbonyl (C=O) groups is 3. The molecule has 0 spiro atoms. The van der Waals surface area contributed by atoms with Crippen molar-refractivity contribution in [2.24, 2.45) is 0 Å². The maximum absolute atomic E-state index is 12.9. The Morgan fingerprint density at radius 1 is 0.411 bits per heavy atom. The number of ether oxygens (including phenoxy) is 4. The van der Waals surface area contributed by atoms with E-state index >= 15 is 0 Å². The van der Waals surface area contributed by atoms with Gasteiger partial charge in [-0.3, -0.25) is 9.59 Å². The minimum atomic E-state index is -1.62. The lowest BCUT2D eigenvalue weighted by atomic mass is 10.0. The van der Waals surface area contributed by atoms with Crippen LogP contribution < -0.4 is 5.11 Å². The molecule has 0 rings (SSSR count). The summed E-state index contributed by atoms with van der Waals surface area (Å²) < 4.78 is 22.7. The van der Waals surface area contributed by atoms with Gasteiger partial charge in [-0.25, -0.2) is 0 Å². The van der Waals surface area contributed by atoms with Crippen LogP contribution in [0.25, 0.3) is 0 Å². The monoisotopic (exact) mass is 1030 g/mol. The topological polar surface area (TPSA) is 111 Å². The summed E-state index contributed by atoms with van der Waals surface area (Å²) >= 11 is 0. The number of quaternary nitrogens is 1. The highest BCUT2D eigenvalue weighted by Crippen LogP contribution is 2.17. The van der Waals surface area contributed by atoms with Crippen LogP contribution >= 0.6 is 0 Å². The zero-order chi connectivity index (χ0) is 53.4. The molecule has 0 N–H and O–H groups in total. The second-order valence-electron chi connectivity index (χ2n) is 22.4. The zero-order valence-corrected chi connectivity index (χ0v) is 48.8. The SMILES string of the molecule is CCCCCCC/C=C\C/C=C\C/C=C\CCCCCCCCCCCCCCCCCCCCC(=O)OC(COC(=O)CCCCCCCCCCCCCCCCC)COC(OCC[N+](C)(C)C)C(=O)[O-]. The summed E-state index contributed by atoms with van der Waals surface area (Å²) in [4.78, 5) is 37.3. The first-order valence-corrected chi connectivity index (χ1v) is 31.1. The van der Waals surface area contributed by atoms with Gasteiger partial charge in [0.15, 0.2) is 12.4 Å². The van der Waals surface area contributed by atoms with Gasteiger partial charge < -0.3 is 33.3 Å². The highest BCUT2D eigenvalue weighted by Gasteiger charge is 2.22. The van der Waals surface area contributed by atoms with Crippen LogP contribution in [-0.2, 0) is 33.3 Å². The molecule has 0 aliphatic rings. The summed E-state index contributed by atoms with van der Waals surface area (Å²) in [5.74, 6) is -2.26. The molecule has 9 heteroatoms. The van der Waals surface area contributed by atoms with E-state index in [4.69, 9.17) is 18.9 Å². The molecule has 0 amide bonds. The molecule has 0 aromatic rings. The van der Waals surface area contributed by atoms with Crippen molar-refractivity contribution in [2.75, 3.05) is 47.5 Å². The summed E-state index contributed by atoms with van der Waals surface area (Å²) in [6, 6.07) is 0. The minimum Gasteiger partial charge on any atom is -0.545 e. The van der Waals surface area contributed by atoms with E-state index in [0.717, 1.165) is 51.4 Å². The Morgan fingerprint density at radius 2 is 0.740 bits per heavy atom. The maximum atomic E-state index is 12.9. The third kappa shape index (κ3) is 57.1. The molecule has 0 radical (unpaired) electrons. The molecule has 0 aliphatic carbocycles. The predicted octanol–water partition coefficient (Wildman–Crippen LogP) is 17.1. The lowest BCUT2D eigenvalue weighted by Gasteiger charge is -2.26. The standard InChI is InChI=1S/C64H119NO8/c1-6-8-10-12-14-16-18-20-22-23-24-25-26-27-28-29-30-31-32-33-34-35-36-37-38-39-41-43-45-47-49-51-53-55-62(67)73-60(59-72-64(63(68)69)70-57-56-65(3,4)5)58-71-61(66)54-52-50-48-46-44-42-40-21-19-17-15-13-11-9-7-2/h18,20,23-24,26-27,60,64H,6-17,19,21-22,25,28-59H2,1-5H3/b20-18-,24-23-,27-26-. The molecule has 0 aromatic heterocycles. The van der Waals surface area contributed by atoms with E-state index in [1.54, 1.807) is 0 Å². The molecule has 9 nitrogen and oxygen atoms in total. The van der Waals surface area contributed by atoms with Gasteiger partial charge in [0.05, 0.1) is 40.3 Å². The molecule has 428 valence electrons. The number of hydrogen-bond acceptors (Lipinski definition) is 8. The van der Waals surface area contributed by atoms with Gasteiger partial charge in [0.25, 0.3) is 0 Å². The van der Waals surface area contributed by atoms with E-state index in [9.17, 15) is 19.5 Å². The van der Waals surface area contributed by atoms with E-state index in [0.29, 0.717) is 17.4 Å². The zero-order valence-electron chi connectivity index (χ0n) is 48.8. The van der Waals surface area contributed by atoms with Crippen LogP contribution in [-0.4, -0.2) is 82.3 Å². The number of esters is 2. The van der Waals surface area contributed by atoms with Gasteiger partial charge in [0.2, 0.25) is 0 Å². The van der Waals surface area contributed by atoms with E-state index in [1.165, 1.54) is 218 Å². The van der Waals surface area contributed by atoms with Gasteiger partial charge >= 0.3 is 11.9 Å². The average molecular weight is 1030 g/mol. The number of aliphatic carboxylic acids is 1. The molecule has 0 saturated heterocycles. The molecule has 0 saturated carbocycles. The van der Waals surface area contributed by atoms with Gasteiger partial charge in [0, 0.05) is 12.8 Å². The van der Waals surface area contributed by atoms with Crippen molar-refractivity contribution in [2.45, 2.75) is 309 Å². The van der Waals surface area contributed by atoms with Gasteiger partial charge in [-0.1, -0.05) is 269 Å². The largest absolute Gasteiger partial charge is 0.545 e. The number of carboxylic acids is 1. The number of nitrogens with zero attached hydrogens (tertiary/aromatic N) is 1. The van der Waals surface area contributed by atoms with E-state index in [1.807, 2.05) is 21.1 Å². The summed E-state index contributed by atoms with van der Waals surface area (Å²) in [5.41, 5.74) is 0. The van der Waals surface area contributed by atoms with Crippen molar-refractivity contribution in [1.82, 2.24) is 0 Å². The molecule has 2 atom stereocenters. The second kappa shape index (κ2) is 55.7. The fraction of sp³-hybridized carbons (Fsp3) is 0.859. The normalized spacial score (nSPS) is 12.9. The molecule has 73 heavy (non-hydrogen) atoms. The Bertz CT molecular complexity index is 1290. The number of likely N-dealkylation sites (N-methyl/N-ethyl adjacent to an activating group) is 1. The first kappa shape index (κ1) is 70.5. The number of hydrogen-bond donors (Lipinski definition) is 0. The van der Waals surface area contributed by atoms with Crippen LogP contribution in [0.4, 0.5) is 0 Å². The van der Waals surface area contributed by atoms with Crippen LogP contribution in [0.3, 0.4) is 0 Å². The van der Waals surface area contributed by atoms with Crippen molar-refractivity contribution in [3.05, 3.63) is 36.5 Å². The average Bonchev–Trinajstić information content (AvgIpc) is 3.36. The van der Waals surface area contributed by atoms with E-state index in [2.05, 4.69) is 50.3 Å². The van der Waals surface area contributed by atoms with Crippen LogP contribution in [0.1, 0.15) is 296 Å². The van der Waals surface area contributed by atoms with Crippen molar-refractivity contribution < 1.29 is 42.9 Å². The third-order valence-corrected chi connectivity index (χ3v) is 13.9. The van der Waals surface area contributed by atoms with Gasteiger partial charge in [0.1, 0.15) is 13.2 Å². The molecule has 2 unspecified atom stereocenters. The summed E-state index contributed by atoms with van der Waals surface area (Å²) in [5, 5.41) is 11.8. The lowest BCUT2D eigenvalue weighted by molar-refractivity contribution is -0.870. The smallest absolute Gasteiger partial charge is 0.306 e. The van der Waals surface area contributed by atoms with Crippen LogP contribution in [0.2, 0.25) is 0 Å². The molecular formula is C64H119NO8. The molecular weight excluding hydrogens is 911 g/mol. The van der Waals surface area contributed by atoms with Gasteiger partial charge in [-0.05, 0) is 51.4 Å². The number of carboxylic acid groups (broad SMARTS) is 1. The van der Waals surface area contributed by atoms with Crippen molar-refractivity contribution in [3.63, 3.8) is 0 Å². The first-order valence-electron chi connectivity index (χ1n) is 31.1. The maximum Gasteiger partial charge on any atom is 0.306 e. The summed E-state index contributed by atoms with van der Waals surface area (Å²) in [6.45, 7) is 4.78. The first-order chi connectivity index (χ1) is 35.6. The highest BCUT2D eigenvalue weighted by atomic mass is 16.7. The van der Waals surface area contributed by atoms with E-state index < -0.39 is 24.3 Å². The molecule has 0 bridgehead atoms. The number of carbonyl (C=O) groups excluding carboxylic acids is 3. The summed E-state index contributed by atoms with van der Waals surface area (Å²) in [7, 11) is 5.93. The number of unbranched alkanes of at least 4 members (excludes halogenated alkanes) is 37. The quantitative estimate of drug-likeness (QED) is 0.0195. The Kier molecular flexibility index (Phi) is 53.8. The van der Waals surface area contributed by atoms with Crippen molar-refractivity contribution >= 4 is 17.9 Å². The van der Waals surface area contributed by atoms with Crippen molar-refractivity contribution in [1.29, 1.82) is 0 Å². The minimum absolute atomic E-state index is 0.150. The molecule has 0 heterocycles. The van der Waals surface area contributed by atoms with Crippen LogP contribution in [0, 0.1) is 0 Å². The second-order valence-corrected chi connectivity index (χ2v) is 22.4. The summed E-state index contributed by atoms with van der Waals surface area (Å²) in [6.07, 6.45) is 64.9. The Balaban J connectivity index is 4.07. The fourth-order valence-electron chi connectivity index (χ4n) is 9.08.